The van der Waals surface area contributed by atoms with Crippen LogP contribution in [0.5, 0.6) is 0 Å². The van der Waals surface area contributed by atoms with Gasteiger partial charge in [0.15, 0.2) is 0 Å². The van der Waals surface area contributed by atoms with Gasteiger partial charge in [-0.1, -0.05) is 0 Å². The molecule has 0 atom stereocenters. The number of nitrogens with one attached hydrogen (secondary N) is 1. The van der Waals surface area contributed by atoms with E-state index in [1.807, 2.05) is 13.8 Å². The fourth-order valence-corrected chi connectivity index (χ4v) is 3.15. The average Bonchev–Trinajstić information content (AvgIpc) is 2.36. The van der Waals surface area contributed by atoms with Gasteiger partial charge in [0, 0.05) is 6.20 Å². The van der Waals surface area contributed by atoms with E-state index in [1.165, 1.54) is 0 Å². The van der Waals surface area contributed by atoms with Crippen molar-refractivity contribution in [1.82, 2.24) is 4.98 Å². The van der Waals surface area contributed by atoms with Crippen LogP contribution in [0.3, 0.4) is 0 Å². The number of benzene rings is 1. The molecule has 5 nitrogen and oxygen atoms in total. The Morgan fingerprint density at radius 2 is 1.80 bits per heavy atom. The van der Waals surface area contributed by atoms with E-state index in [2.05, 4.69) is 9.71 Å². The van der Waals surface area contributed by atoms with Crippen molar-refractivity contribution < 1.29 is 8.42 Å². The number of nitrogens with zero attached hydrogens (tertiary/aromatic N) is 1. The van der Waals surface area contributed by atoms with Crippen LogP contribution in [0, 0.1) is 20.8 Å². The molecule has 20 heavy (non-hydrogen) atoms. The molecule has 0 radical (unpaired) electrons. The fraction of sp³-hybridized carbons (Fsp3) is 0.214. The normalized spacial score (nSPS) is 11.3. The largest absolute Gasteiger partial charge is 0.398 e. The Morgan fingerprint density at radius 1 is 1.15 bits per heavy atom. The number of hydrogen-bond donors (Lipinski definition) is 2. The maximum Gasteiger partial charge on any atom is 0.264 e. The molecule has 0 fully saturated rings. The number of nitrogens with two attached hydrogens (primary N) is 1. The van der Waals surface area contributed by atoms with Crippen LogP contribution in [0.1, 0.15) is 16.8 Å². The Balaban J connectivity index is 2.47. The number of aromatic nitrogens is 1. The second kappa shape index (κ2) is 5.13. The van der Waals surface area contributed by atoms with Gasteiger partial charge in [0.25, 0.3) is 10.0 Å². The van der Waals surface area contributed by atoms with Crippen LogP contribution in [0.4, 0.5) is 11.4 Å². The Labute approximate surface area is 118 Å². The standard InChI is InChI=1S/C14H17N3O2S/c1-9-7-12(15)14(8-10(9)2)20(18,19)17-13-5-4-6-16-11(13)3/h4-8,17H,15H2,1-3H3. The predicted molar refractivity (Wildman–Crippen MR) is 80.1 cm³/mol. The van der Waals surface area contributed by atoms with Gasteiger partial charge in [0.1, 0.15) is 4.90 Å². The lowest BCUT2D eigenvalue weighted by atomic mass is 10.1. The molecule has 2 rings (SSSR count). The first kappa shape index (κ1) is 14.3. The summed E-state index contributed by atoms with van der Waals surface area (Å²) in [6.45, 7) is 5.48. The summed E-state index contributed by atoms with van der Waals surface area (Å²) in [6, 6.07) is 6.59. The van der Waals surface area contributed by atoms with Gasteiger partial charge in [-0.3, -0.25) is 9.71 Å². The maximum atomic E-state index is 12.4. The number of aryl methyl sites for hydroxylation is 3. The summed E-state index contributed by atoms with van der Waals surface area (Å²) in [5.41, 5.74) is 8.97. The third-order valence-corrected chi connectivity index (χ3v) is 4.59. The average molecular weight is 291 g/mol. The zero-order valence-electron chi connectivity index (χ0n) is 11.6. The molecule has 0 aliphatic heterocycles. The molecule has 1 aromatic heterocycles. The molecule has 3 N–H and O–H groups in total. The van der Waals surface area contributed by atoms with Crippen molar-refractivity contribution in [1.29, 1.82) is 0 Å². The minimum atomic E-state index is -3.72. The van der Waals surface area contributed by atoms with E-state index in [0.29, 0.717) is 11.4 Å². The van der Waals surface area contributed by atoms with E-state index < -0.39 is 10.0 Å². The number of hydrogen-bond acceptors (Lipinski definition) is 4. The molecule has 0 aliphatic carbocycles. The molecule has 1 aromatic carbocycles. The minimum Gasteiger partial charge on any atom is -0.398 e. The number of sulfonamides is 1. The van der Waals surface area contributed by atoms with Crippen LogP contribution < -0.4 is 10.5 Å². The van der Waals surface area contributed by atoms with Gasteiger partial charge in [-0.15, -0.1) is 0 Å². The molecule has 0 aliphatic rings. The van der Waals surface area contributed by atoms with Crippen molar-refractivity contribution in [2.75, 3.05) is 10.5 Å². The highest BCUT2D eigenvalue weighted by Gasteiger charge is 2.19. The highest BCUT2D eigenvalue weighted by atomic mass is 32.2. The maximum absolute atomic E-state index is 12.4. The van der Waals surface area contributed by atoms with Crippen LogP contribution in [-0.4, -0.2) is 13.4 Å². The van der Waals surface area contributed by atoms with Gasteiger partial charge in [0.2, 0.25) is 0 Å². The molecule has 2 aromatic rings. The minimum absolute atomic E-state index is 0.0869. The molecule has 0 bridgehead atoms. The molecule has 0 spiro atoms. The van der Waals surface area contributed by atoms with Crippen molar-refractivity contribution in [3.05, 3.63) is 47.3 Å². The first-order valence-electron chi connectivity index (χ1n) is 6.12. The van der Waals surface area contributed by atoms with Crippen LogP contribution in [0.25, 0.3) is 0 Å². The molecule has 0 saturated heterocycles. The number of anilines is 2. The molecule has 106 valence electrons. The van der Waals surface area contributed by atoms with E-state index in [0.717, 1.165) is 11.1 Å². The highest BCUT2D eigenvalue weighted by molar-refractivity contribution is 7.92. The van der Waals surface area contributed by atoms with Gasteiger partial charge < -0.3 is 5.73 Å². The first-order chi connectivity index (χ1) is 9.31. The van der Waals surface area contributed by atoms with Crippen molar-refractivity contribution in [3.63, 3.8) is 0 Å². The summed E-state index contributed by atoms with van der Waals surface area (Å²) in [4.78, 5) is 4.14. The van der Waals surface area contributed by atoms with Gasteiger partial charge >= 0.3 is 0 Å². The van der Waals surface area contributed by atoms with Crippen LogP contribution >= 0.6 is 0 Å². The monoisotopic (exact) mass is 291 g/mol. The topological polar surface area (TPSA) is 85.1 Å². The quantitative estimate of drug-likeness (QED) is 0.850. The summed E-state index contributed by atoms with van der Waals surface area (Å²) in [5, 5.41) is 0. The molecular weight excluding hydrogens is 274 g/mol. The Bertz CT molecular complexity index is 755. The van der Waals surface area contributed by atoms with E-state index in [9.17, 15) is 8.42 Å². The molecular formula is C14H17N3O2S. The molecule has 0 unspecified atom stereocenters. The smallest absolute Gasteiger partial charge is 0.264 e. The lowest BCUT2D eigenvalue weighted by Gasteiger charge is -2.13. The first-order valence-corrected chi connectivity index (χ1v) is 7.61. The van der Waals surface area contributed by atoms with E-state index >= 15 is 0 Å². The molecule has 1 heterocycles. The number of rotatable bonds is 3. The summed E-state index contributed by atoms with van der Waals surface area (Å²) in [7, 11) is -3.72. The molecule has 6 heteroatoms. The van der Waals surface area contributed by atoms with E-state index in [4.69, 9.17) is 5.73 Å². The molecule has 0 amide bonds. The lowest BCUT2D eigenvalue weighted by molar-refractivity contribution is 0.601. The number of pyridine rings is 1. The fourth-order valence-electron chi connectivity index (χ4n) is 1.84. The van der Waals surface area contributed by atoms with Crippen molar-refractivity contribution >= 4 is 21.4 Å². The Morgan fingerprint density at radius 3 is 2.45 bits per heavy atom. The van der Waals surface area contributed by atoms with Crippen molar-refractivity contribution in [2.45, 2.75) is 25.7 Å². The van der Waals surface area contributed by atoms with Crippen LogP contribution in [0.2, 0.25) is 0 Å². The summed E-state index contributed by atoms with van der Waals surface area (Å²) in [5.74, 6) is 0. The van der Waals surface area contributed by atoms with Gasteiger partial charge in [0.05, 0.1) is 17.1 Å². The second-order valence-electron chi connectivity index (χ2n) is 4.72. The molecule has 0 saturated carbocycles. The number of nitrogen functional groups attached to an aromatic ring is 1. The summed E-state index contributed by atoms with van der Waals surface area (Å²) in [6.07, 6.45) is 1.61. The van der Waals surface area contributed by atoms with E-state index in [1.54, 1.807) is 37.4 Å². The summed E-state index contributed by atoms with van der Waals surface area (Å²) < 4.78 is 27.4. The summed E-state index contributed by atoms with van der Waals surface area (Å²) >= 11 is 0. The third kappa shape index (κ3) is 2.75. The SMILES string of the molecule is Cc1cc(N)c(S(=O)(=O)Nc2cccnc2C)cc1C. The van der Waals surface area contributed by atoms with Gasteiger partial charge in [-0.05, 0) is 56.2 Å². The van der Waals surface area contributed by atoms with E-state index in [-0.39, 0.29) is 10.6 Å². The van der Waals surface area contributed by atoms with Crippen molar-refractivity contribution in [2.24, 2.45) is 0 Å². The second-order valence-corrected chi connectivity index (χ2v) is 6.37. The van der Waals surface area contributed by atoms with Gasteiger partial charge in [-0.25, -0.2) is 8.42 Å². The van der Waals surface area contributed by atoms with Crippen LogP contribution in [-0.2, 0) is 10.0 Å². The van der Waals surface area contributed by atoms with Gasteiger partial charge in [-0.2, -0.15) is 0 Å². The van der Waals surface area contributed by atoms with Crippen molar-refractivity contribution in [3.8, 4) is 0 Å². The van der Waals surface area contributed by atoms with Crippen LogP contribution in [0.15, 0.2) is 35.4 Å². The lowest BCUT2D eigenvalue weighted by Crippen LogP contribution is -2.16. The third-order valence-electron chi connectivity index (χ3n) is 3.17. The zero-order chi connectivity index (χ0) is 14.9. The Hall–Kier alpha value is -2.08. The highest BCUT2D eigenvalue weighted by Crippen LogP contribution is 2.25. The predicted octanol–water partition coefficient (Wildman–Crippen LogP) is 2.39. The Kier molecular flexibility index (Phi) is 3.67. The zero-order valence-corrected chi connectivity index (χ0v) is 12.5.